The molecule has 144 valence electrons. The standard InChI is InChI=1S/C18H26N2O6/c1-4-25-17(21)10-5-13(2)11-14(3)12-19-18(22)26-16-8-6-15(7-9-16)20(23)24/h6-9,13-14H,4-5,10-12H2,1-3H3,(H,19,22). The molecule has 0 heterocycles. The maximum absolute atomic E-state index is 11.8. The molecule has 0 aliphatic carbocycles. The van der Waals surface area contributed by atoms with Crippen molar-refractivity contribution >= 4 is 17.7 Å². The first-order valence-electron chi connectivity index (χ1n) is 8.67. The first-order valence-corrected chi connectivity index (χ1v) is 8.67. The van der Waals surface area contributed by atoms with E-state index in [0.29, 0.717) is 25.5 Å². The average Bonchev–Trinajstić information content (AvgIpc) is 2.59. The Bertz CT molecular complexity index is 602. The van der Waals surface area contributed by atoms with E-state index in [1.165, 1.54) is 24.3 Å². The largest absolute Gasteiger partial charge is 0.466 e. The van der Waals surface area contributed by atoms with Crippen LogP contribution in [0.5, 0.6) is 5.75 Å². The monoisotopic (exact) mass is 366 g/mol. The van der Waals surface area contributed by atoms with Gasteiger partial charge in [-0.1, -0.05) is 13.8 Å². The first kappa shape index (κ1) is 21.4. The van der Waals surface area contributed by atoms with Crippen LogP contribution < -0.4 is 10.1 Å². The second-order valence-electron chi connectivity index (χ2n) is 6.31. The van der Waals surface area contributed by atoms with Crippen LogP contribution in [0.3, 0.4) is 0 Å². The highest BCUT2D eigenvalue weighted by molar-refractivity contribution is 5.70. The summed E-state index contributed by atoms with van der Waals surface area (Å²) in [4.78, 5) is 33.2. The highest BCUT2D eigenvalue weighted by Crippen LogP contribution is 2.18. The lowest BCUT2D eigenvalue weighted by molar-refractivity contribution is -0.384. The Kier molecular flexibility index (Phi) is 9.11. The maximum Gasteiger partial charge on any atom is 0.412 e. The average molecular weight is 366 g/mol. The normalized spacial score (nSPS) is 12.7. The quantitative estimate of drug-likeness (QED) is 0.384. The van der Waals surface area contributed by atoms with Gasteiger partial charge in [-0.05, 0) is 43.7 Å². The molecule has 2 unspecified atom stereocenters. The number of rotatable bonds is 10. The van der Waals surface area contributed by atoms with E-state index in [4.69, 9.17) is 9.47 Å². The van der Waals surface area contributed by atoms with Crippen molar-refractivity contribution in [2.24, 2.45) is 11.8 Å². The number of ether oxygens (including phenoxy) is 2. The number of benzene rings is 1. The summed E-state index contributed by atoms with van der Waals surface area (Å²) in [5.41, 5.74) is -0.0665. The van der Waals surface area contributed by atoms with Crippen LogP contribution in [0.4, 0.5) is 10.5 Å². The summed E-state index contributed by atoms with van der Waals surface area (Å²) in [5, 5.41) is 13.2. The van der Waals surface area contributed by atoms with Crippen LogP contribution in [0.2, 0.25) is 0 Å². The van der Waals surface area contributed by atoms with Crippen molar-refractivity contribution in [3.05, 3.63) is 34.4 Å². The molecule has 0 spiro atoms. The Labute approximate surface area is 153 Å². The number of nitro groups is 1. The zero-order valence-corrected chi connectivity index (χ0v) is 15.4. The van der Waals surface area contributed by atoms with Crippen molar-refractivity contribution in [3.8, 4) is 5.75 Å². The molecular weight excluding hydrogens is 340 g/mol. The van der Waals surface area contributed by atoms with E-state index in [-0.39, 0.29) is 23.3 Å². The molecular formula is C18H26N2O6. The number of nitrogens with zero attached hydrogens (tertiary/aromatic N) is 1. The summed E-state index contributed by atoms with van der Waals surface area (Å²) in [7, 11) is 0. The molecule has 0 aromatic heterocycles. The number of hydrogen-bond donors (Lipinski definition) is 1. The van der Waals surface area contributed by atoms with Gasteiger partial charge in [-0.15, -0.1) is 0 Å². The zero-order chi connectivity index (χ0) is 19.5. The van der Waals surface area contributed by atoms with E-state index in [1.54, 1.807) is 6.92 Å². The van der Waals surface area contributed by atoms with Gasteiger partial charge in [0.2, 0.25) is 0 Å². The van der Waals surface area contributed by atoms with Gasteiger partial charge in [0.15, 0.2) is 0 Å². The predicted molar refractivity (Wildman–Crippen MR) is 95.9 cm³/mol. The third-order valence-electron chi connectivity index (χ3n) is 3.80. The van der Waals surface area contributed by atoms with Gasteiger partial charge in [0.05, 0.1) is 11.5 Å². The van der Waals surface area contributed by atoms with Crippen LogP contribution in [0.15, 0.2) is 24.3 Å². The minimum Gasteiger partial charge on any atom is -0.466 e. The Morgan fingerprint density at radius 3 is 2.42 bits per heavy atom. The number of carbonyl (C=O) groups excluding carboxylic acids is 2. The molecule has 1 N–H and O–H groups in total. The Balaban J connectivity index is 2.28. The van der Waals surface area contributed by atoms with Crippen molar-refractivity contribution in [3.63, 3.8) is 0 Å². The van der Waals surface area contributed by atoms with Crippen LogP contribution in [-0.4, -0.2) is 30.1 Å². The summed E-state index contributed by atoms with van der Waals surface area (Å²) in [5.74, 6) is 0.610. The number of esters is 1. The molecule has 1 aromatic rings. The lowest BCUT2D eigenvalue weighted by Crippen LogP contribution is -2.31. The minimum absolute atomic E-state index is 0.0665. The molecule has 2 atom stereocenters. The second-order valence-corrected chi connectivity index (χ2v) is 6.31. The van der Waals surface area contributed by atoms with E-state index >= 15 is 0 Å². The fraction of sp³-hybridized carbons (Fsp3) is 0.556. The van der Waals surface area contributed by atoms with Crippen molar-refractivity contribution in [1.29, 1.82) is 0 Å². The lowest BCUT2D eigenvalue weighted by Gasteiger charge is -2.17. The Morgan fingerprint density at radius 1 is 1.19 bits per heavy atom. The predicted octanol–water partition coefficient (Wildman–Crippen LogP) is 3.69. The molecule has 0 saturated carbocycles. The van der Waals surface area contributed by atoms with Crippen LogP contribution in [0, 0.1) is 22.0 Å². The smallest absolute Gasteiger partial charge is 0.412 e. The minimum atomic E-state index is -0.607. The fourth-order valence-electron chi connectivity index (χ4n) is 2.52. The summed E-state index contributed by atoms with van der Waals surface area (Å²) in [6, 6.07) is 5.30. The third-order valence-corrected chi connectivity index (χ3v) is 3.80. The Morgan fingerprint density at radius 2 is 1.85 bits per heavy atom. The second kappa shape index (κ2) is 11.1. The van der Waals surface area contributed by atoms with Crippen molar-refractivity contribution < 1.29 is 24.0 Å². The molecule has 0 aliphatic rings. The number of nitro benzene ring substituents is 1. The molecule has 26 heavy (non-hydrogen) atoms. The lowest BCUT2D eigenvalue weighted by atomic mass is 9.93. The van der Waals surface area contributed by atoms with Gasteiger partial charge in [-0.3, -0.25) is 14.9 Å². The fourth-order valence-corrected chi connectivity index (χ4v) is 2.52. The summed E-state index contributed by atoms with van der Waals surface area (Å²) >= 11 is 0. The number of carbonyl (C=O) groups is 2. The highest BCUT2D eigenvalue weighted by atomic mass is 16.6. The van der Waals surface area contributed by atoms with E-state index in [2.05, 4.69) is 12.2 Å². The number of amides is 1. The molecule has 0 bridgehead atoms. The molecule has 0 radical (unpaired) electrons. The van der Waals surface area contributed by atoms with E-state index in [0.717, 1.165) is 12.8 Å². The number of nitrogens with one attached hydrogen (secondary N) is 1. The molecule has 8 heteroatoms. The van der Waals surface area contributed by atoms with Crippen LogP contribution in [0.25, 0.3) is 0 Å². The van der Waals surface area contributed by atoms with Gasteiger partial charge in [0.1, 0.15) is 5.75 Å². The molecule has 0 aliphatic heterocycles. The summed E-state index contributed by atoms with van der Waals surface area (Å²) in [6.07, 6.45) is 1.40. The maximum atomic E-state index is 11.8. The highest BCUT2D eigenvalue weighted by Gasteiger charge is 2.13. The first-order chi connectivity index (χ1) is 12.3. The van der Waals surface area contributed by atoms with Gasteiger partial charge in [-0.25, -0.2) is 4.79 Å². The van der Waals surface area contributed by atoms with Crippen molar-refractivity contribution in [2.45, 2.75) is 40.0 Å². The topological polar surface area (TPSA) is 108 Å². The van der Waals surface area contributed by atoms with Gasteiger partial charge >= 0.3 is 12.1 Å². The van der Waals surface area contributed by atoms with Gasteiger partial charge in [0.25, 0.3) is 5.69 Å². The molecule has 8 nitrogen and oxygen atoms in total. The number of non-ortho nitro benzene ring substituents is 1. The summed E-state index contributed by atoms with van der Waals surface area (Å²) < 4.78 is 9.98. The zero-order valence-electron chi connectivity index (χ0n) is 15.4. The molecule has 0 fully saturated rings. The Hall–Kier alpha value is -2.64. The van der Waals surface area contributed by atoms with Crippen LogP contribution >= 0.6 is 0 Å². The van der Waals surface area contributed by atoms with Gasteiger partial charge in [-0.2, -0.15) is 0 Å². The number of hydrogen-bond acceptors (Lipinski definition) is 6. The SMILES string of the molecule is CCOC(=O)CCC(C)CC(C)CNC(=O)Oc1ccc([N+](=O)[O-])cc1. The van der Waals surface area contributed by atoms with Crippen molar-refractivity contribution in [1.82, 2.24) is 5.32 Å². The van der Waals surface area contributed by atoms with Crippen molar-refractivity contribution in [2.75, 3.05) is 13.2 Å². The van der Waals surface area contributed by atoms with Crippen LogP contribution in [-0.2, 0) is 9.53 Å². The molecule has 1 amide bonds. The van der Waals surface area contributed by atoms with E-state index in [1.807, 2.05) is 6.92 Å². The molecule has 0 saturated heterocycles. The summed E-state index contributed by atoms with van der Waals surface area (Å²) in [6.45, 7) is 6.68. The third kappa shape index (κ3) is 8.46. The molecule has 1 aromatic carbocycles. The van der Waals surface area contributed by atoms with Gasteiger partial charge < -0.3 is 14.8 Å². The molecule has 1 rings (SSSR count). The van der Waals surface area contributed by atoms with E-state index in [9.17, 15) is 19.7 Å². The van der Waals surface area contributed by atoms with Crippen LogP contribution in [0.1, 0.15) is 40.0 Å². The van der Waals surface area contributed by atoms with Gasteiger partial charge in [0, 0.05) is 25.1 Å². The van der Waals surface area contributed by atoms with E-state index < -0.39 is 11.0 Å².